The number of benzene rings is 4. The lowest BCUT2D eigenvalue weighted by Gasteiger charge is -2.29. The molecule has 0 fully saturated rings. The predicted octanol–water partition coefficient (Wildman–Crippen LogP) is 10.7. The first-order valence-corrected chi connectivity index (χ1v) is 15.5. The van der Waals surface area contributed by atoms with Crippen molar-refractivity contribution in [3.05, 3.63) is 176 Å². The zero-order valence-electron chi connectivity index (χ0n) is 25.2. The molecule has 0 saturated carbocycles. The van der Waals surface area contributed by atoms with E-state index in [1.807, 2.05) is 19.1 Å². The smallest absolute Gasteiger partial charge is 0.0730 e. The molecular formula is C42H33N3. The minimum Gasteiger partial charge on any atom is -0.333 e. The van der Waals surface area contributed by atoms with Gasteiger partial charge in [-0.05, 0) is 60.5 Å². The van der Waals surface area contributed by atoms with Crippen LogP contribution in [0.15, 0.2) is 164 Å². The van der Waals surface area contributed by atoms with E-state index in [1.165, 1.54) is 33.1 Å². The van der Waals surface area contributed by atoms with Gasteiger partial charge in [0.15, 0.2) is 0 Å². The highest BCUT2D eigenvalue weighted by molar-refractivity contribution is 6.11. The monoisotopic (exact) mass is 579 g/mol. The van der Waals surface area contributed by atoms with Crippen molar-refractivity contribution in [3.8, 4) is 16.9 Å². The van der Waals surface area contributed by atoms with Crippen molar-refractivity contribution >= 4 is 38.8 Å². The second-order valence-electron chi connectivity index (χ2n) is 11.6. The number of pyridine rings is 1. The summed E-state index contributed by atoms with van der Waals surface area (Å²) >= 11 is 0. The van der Waals surface area contributed by atoms with Gasteiger partial charge in [-0.15, -0.1) is 0 Å². The molecule has 1 aliphatic carbocycles. The second-order valence-corrected chi connectivity index (χ2v) is 11.6. The van der Waals surface area contributed by atoms with Gasteiger partial charge in [-0.3, -0.25) is 0 Å². The van der Waals surface area contributed by atoms with Gasteiger partial charge in [-0.2, -0.15) is 0 Å². The summed E-state index contributed by atoms with van der Waals surface area (Å²) in [4.78, 5) is 7.69. The Morgan fingerprint density at radius 2 is 1.51 bits per heavy atom. The summed E-state index contributed by atoms with van der Waals surface area (Å²) in [5.41, 5.74) is 11.3. The van der Waals surface area contributed by atoms with Crippen LogP contribution in [0.1, 0.15) is 24.1 Å². The number of hydrogen-bond acceptors (Lipinski definition) is 2. The first kappa shape index (κ1) is 26.9. The van der Waals surface area contributed by atoms with Crippen LogP contribution in [0.25, 0.3) is 44.3 Å². The van der Waals surface area contributed by atoms with Gasteiger partial charge in [0.05, 0.1) is 28.5 Å². The zero-order valence-corrected chi connectivity index (χ0v) is 25.2. The van der Waals surface area contributed by atoms with Crippen LogP contribution in [0.2, 0.25) is 0 Å². The Morgan fingerprint density at radius 1 is 0.756 bits per heavy atom. The summed E-state index contributed by atoms with van der Waals surface area (Å²) in [6.07, 6.45) is 17.1. The molecule has 2 unspecified atom stereocenters. The molecule has 2 aliphatic rings. The van der Waals surface area contributed by atoms with Crippen molar-refractivity contribution < 1.29 is 0 Å². The van der Waals surface area contributed by atoms with Crippen molar-refractivity contribution in [1.82, 2.24) is 9.55 Å². The third-order valence-electron chi connectivity index (χ3n) is 8.96. The van der Waals surface area contributed by atoms with Gasteiger partial charge >= 0.3 is 0 Å². The highest BCUT2D eigenvalue weighted by atomic mass is 15.2. The molecule has 2 atom stereocenters. The average Bonchev–Trinajstić information content (AvgIpc) is 3.60. The maximum Gasteiger partial charge on any atom is 0.0730 e. The standard InChI is InChI=1S/C42H33N3/c1-3-15-29(16-4-2)37-25-32(26-38(43-37)30-17-7-5-8-18-30)45-40-24-14-12-22-34(40)36-27-35-33-21-11-13-23-39(33)44(41(35)28-42(36)45)31-19-9-6-10-20-31/h3-28,34,40H,1H2,2H3/b16-4-,29-15+. The summed E-state index contributed by atoms with van der Waals surface area (Å²) in [6, 6.07) is 39.4. The number of rotatable bonds is 6. The fraction of sp³-hybridized carbons (Fsp3) is 0.0714. The fourth-order valence-electron chi connectivity index (χ4n) is 7.05. The van der Waals surface area contributed by atoms with Crippen molar-refractivity contribution in [1.29, 1.82) is 0 Å². The van der Waals surface area contributed by atoms with E-state index >= 15 is 0 Å². The van der Waals surface area contributed by atoms with E-state index in [0.29, 0.717) is 0 Å². The van der Waals surface area contributed by atoms with Crippen LogP contribution in [0.3, 0.4) is 0 Å². The summed E-state index contributed by atoms with van der Waals surface area (Å²) < 4.78 is 2.40. The Kier molecular flexibility index (Phi) is 6.65. The zero-order chi connectivity index (χ0) is 30.3. The Morgan fingerprint density at radius 3 is 2.31 bits per heavy atom. The largest absolute Gasteiger partial charge is 0.333 e. The molecule has 8 rings (SSSR count). The second kappa shape index (κ2) is 11.1. The Bertz CT molecular complexity index is 2200. The highest BCUT2D eigenvalue weighted by Crippen LogP contribution is 2.51. The molecule has 3 heterocycles. The van der Waals surface area contributed by atoms with E-state index in [4.69, 9.17) is 4.98 Å². The van der Waals surface area contributed by atoms with Crippen molar-refractivity contribution in [3.63, 3.8) is 0 Å². The predicted molar refractivity (Wildman–Crippen MR) is 190 cm³/mol. The lowest BCUT2D eigenvalue weighted by atomic mass is 9.90. The van der Waals surface area contributed by atoms with Gasteiger partial charge in [0.2, 0.25) is 0 Å². The molecule has 2 aromatic heterocycles. The van der Waals surface area contributed by atoms with E-state index in [1.54, 1.807) is 0 Å². The minimum atomic E-state index is 0.153. The van der Waals surface area contributed by atoms with E-state index in [9.17, 15) is 0 Å². The molecule has 0 radical (unpaired) electrons. The molecule has 0 saturated heterocycles. The molecule has 3 heteroatoms. The Balaban J connectivity index is 1.41. The topological polar surface area (TPSA) is 21.1 Å². The molecule has 216 valence electrons. The first-order valence-electron chi connectivity index (χ1n) is 15.5. The normalized spacial score (nSPS) is 17.4. The number of hydrogen-bond donors (Lipinski definition) is 0. The van der Waals surface area contributed by atoms with E-state index < -0.39 is 0 Å². The van der Waals surface area contributed by atoms with E-state index in [0.717, 1.165) is 33.9 Å². The molecule has 6 aromatic rings. The molecular weight excluding hydrogens is 546 g/mol. The van der Waals surface area contributed by atoms with Gasteiger partial charge in [0.25, 0.3) is 0 Å². The molecule has 3 nitrogen and oxygen atoms in total. The van der Waals surface area contributed by atoms with Crippen LogP contribution in [0.5, 0.6) is 0 Å². The van der Waals surface area contributed by atoms with E-state index in [-0.39, 0.29) is 12.0 Å². The summed E-state index contributed by atoms with van der Waals surface area (Å²) in [6.45, 7) is 6.02. The van der Waals surface area contributed by atoms with Crippen LogP contribution in [-0.2, 0) is 0 Å². The van der Waals surface area contributed by atoms with Gasteiger partial charge in [0, 0.05) is 39.3 Å². The third kappa shape index (κ3) is 4.47. The van der Waals surface area contributed by atoms with Gasteiger partial charge < -0.3 is 9.47 Å². The third-order valence-corrected chi connectivity index (χ3v) is 8.96. The number of nitrogens with zero attached hydrogens (tertiary/aromatic N) is 3. The molecule has 0 bridgehead atoms. The lowest BCUT2D eigenvalue weighted by Crippen LogP contribution is -2.28. The molecule has 0 amide bonds. The highest BCUT2D eigenvalue weighted by Gasteiger charge is 2.38. The van der Waals surface area contributed by atoms with E-state index in [2.05, 4.69) is 162 Å². The van der Waals surface area contributed by atoms with Gasteiger partial charge in [-0.25, -0.2) is 4.98 Å². The molecule has 0 spiro atoms. The average molecular weight is 580 g/mol. The summed E-state index contributed by atoms with van der Waals surface area (Å²) in [5, 5.41) is 2.55. The Hall–Kier alpha value is -5.67. The van der Waals surface area contributed by atoms with Crippen LogP contribution in [0.4, 0.5) is 11.4 Å². The fourth-order valence-corrected chi connectivity index (χ4v) is 7.05. The SMILES string of the molecule is C=C/C=C(\C=C/C)c1cc(N2c3cc4c(cc3C3C=CC=CC32)c2ccccc2n4-c2ccccc2)cc(-c2ccccc2)n1. The molecule has 0 N–H and O–H groups in total. The molecule has 45 heavy (non-hydrogen) atoms. The van der Waals surface area contributed by atoms with Crippen LogP contribution in [0, 0.1) is 0 Å². The number of anilines is 2. The van der Waals surface area contributed by atoms with Crippen molar-refractivity contribution in [2.24, 2.45) is 0 Å². The van der Waals surface area contributed by atoms with Gasteiger partial charge in [0.1, 0.15) is 0 Å². The molecule has 4 aromatic carbocycles. The number of aromatic nitrogens is 2. The lowest BCUT2D eigenvalue weighted by molar-refractivity contribution is 0.744. The summed E-state index contributed by atoms with van der Waals surface area (Å²) in [7, 11) is 0. The van der Waals surface area contributed by atoms with Crippen molar-refractivity contribution in [2.45, 2.75) is 18.9 Å². The summed E-state index contributed by atoms with van der Waals surface area (Å²) in [5.74, 6) is 0.240. The van der Waals surface area contributed by atoms with Gasteiger partial charge in [-0.1, -0.05) is 122 Å². The Labute approximate surface area is 264 Å². The maximum atomic E-state index is 5.18. The number of para-hydroxylation sites is 2. The van der Waals surface area contributed by atoms with Crippen LogP contribution < -0.4 is 4.90 Å². The number of allylic oxidation sites excluding steroid dienone is 7. The quantitative estimate of drug-likeness (QED) is 0.183. The number of fused-ring (bicyclic) bond motifs is 6. The molecule has 1 aliphatic heterocycles. The van der Waals surface area contributed by atoms with Crippen molar-refractivity contribution in [2.75, 3.05) is 4.90 Å². The van der Waals surface area contributed by atoms with Crippen LogP contribution >= 0.6 is 0 Å². The minimum absolute atomic E-state index is 0.153. The first-order chi connectivity index (χ1) is 22.2. The maximum absolute atomic E-state index is 5.18. The van der Waals surface area contributed by atoms with Crippen LogP contribution in [-0.4, -0.2) is 15.6 Å².